The second-order valence-corrected chi connectivity index (χ2v) is 7.24. The van der Waals surface area contributed by atoms with Gasteiger partial charge in [0.1, 0.15) is 11.4 Å². The molecule has 1 aliphatic rings. The largest absolute Gasteiger partial charge is 0.416 e. The minimum Gasteiger partial charge on any atom is -0.338 e. The Kier molecular flexibility index (Phi) is 6.74. The number of rotatable bonds is 5. The number of benzene rings is 2. The van der Waals surface area contributed by atoms with Crippen LogP contribution in [0.3, 0.4) is 0 Å². The van der Waals surface area contributed by atoms with Crippen molar-refractivity contribution in [3.8, 4) is 0 Å². The second kappa shape index (κ2) is 9.30. The summed E-state index contributed by atoms with van der Waals surface area (Å²) < 4.78 is 51.2. The Balaban J connectivity index is 1.71. The summed E-state index contributed by atoms with van der Waals surface area (Å²) in [6.45, 7) is 0.977. The fourth-order valence-electron chi connectivity index (χ4n) is 3.28. The van der Waals surface area contributed by atoms with Crippen LogP contribution in [-0.2, 0) is 15.8 Å². The second-order valence-electron chi connectivity index (χ2n) is 7.24. The molecule has 0 radical (unpaired) electrons. The van der Waals surface area contributed by atoms with E-state index in [1.54, 1.807) is 0 Å². The van der Waals surface area contributed by atoms with E-state index < -0.39 is 34.9 Å². The van der Waals surface area contributed by atoms with Crippen molar-refractivity contribution in [2.24, 2.45) is 0 Å². The number of carbonyl (C=O) groups is 2. The van der Waals surface area contributed by atoms with Gasteiger partial charge in [-0.1, -0.05) is 12.1 Å². The molecule has 0 aromatic heterocycles. The summed E-state index contributed by atoms with van der Waals surface area (Å²) >= 11 is 0. The zero-order valence-corrected chi connectivity index (χ0v) is 16.4. The van der Waals surface area contributed by atoms with Crippen molar-refractivity contribution in [3.05, 3.63) is 71.6 Å². The Morgan fingerprint density at radius 1 is 0.968 bits per heavy atom. The zero-order chi connectivity index (χ0) is 22.5. The van der Waals surface area contributed by atoms with Crippen LogP contribution in [0.4, 0.5) is 23.2 Å². The van der Waals surface area contributed by atoms with Crippen LogP contribution >= 0.6 is 0 Å². The third kappa shape index (κ3) is 5.91. The molecule has 3 rings (SSSR count). The van der Waals surface area contributed by atoms with Crippen LogP contribution in [0.5, 0.6) is 0 Å². The van der Waals surface area contributed by atoms with Crippen molar-refractivity contribution < 1.29 is 27.2 Å². The van der Waals surface area contributed by atoms with Crippen LogP contribution in [0.25, 0.3) is 6.08 Å². The number of nitrogens with one attached hydrogen (secondary N) is 3. The highest BCUT2D eigenvalue weighted by Gasteiger charge is 2.40. The average Bonchev–Trinajstić information content (AvgIpc) is 2.74. The molecular formula is C22H21F4N3O2. The summed E-state index contributed by atoms with van der Waals surface area (Å²) in [6.07, 6.45) is -1.09. The third-order valence-corrected chi connectivity index (χ3v) is 5.02. The summed E-state index contributed by atoms with van der Waals surface area (Å²) in [7, 11) is 0. The molecule has 164 valence electrons. The molecule has 0 spiro atoms. The Labute approximate surface area is 176 Å². The number of piperidine rings is 1. The van der Waals surface area contributed by atoms with E-state index in [0.717, 1.165) is 12.1 Å². The van der Waals surface area contributed by atoms with Gasteiger partial charge in [-0.3, -0.25) is 9.59 Å². The van der Waals surface area contributed by atoms with Crippen LogP contribution in [-0.4, -0.2) is 30.4 Å². The number of hydrogen-bond acceptors (Lipinski definition) is 3. The SMILES string of the molecule is O=C(C=Cc1ccc(F)cc1)NC1(C(=O)Nc2ccc(C(F)(F)F)cc2)CCNCC1. The molecule has 0 atom stereocenters. The smallest absolute Gasteiger partial charge is 0.338 e. The minimum absolute atomic E-state index is 0.201. The van der Waals surface area contributed by atoms with Crippen molar-refractivity contribution >= 4 is 23.6 Å². The van der Waals surface area contributed by atoms with E-state index in [4.69, 9.17) is 0 Å². The molecule has 31 heavy (non-hydrogen) atoms. The molecular weight excluding hydrogens is 414 g/mol. The quantitative estimate of drug-likeness (QED) is 0.495. The van der Waals surface area contributed by atoms with Gasteiger partial charge in [0.05, 0.1) is 5.56 Å². The van der Waals surface area contributed by atoms with Crippen LogP contribution in [0.15, 0.2) is 54.6 Å². The molecule has 2 aromatic rings. The fourth-order valence-corrected chi connectivity index (χ4v) is 3.28. The monoisotopic (exact) mass is 435 g/mol. The van der Waals surface area contributed by atoms with E-state index in [-0.39, 0.29) is 5.69 Å². The lowest BCUT2D eigenvalue weighted by atomic mass is 9.87. The van der Waals surface area contributed by atoms with E-state index in [1.807, 2.05) is 0 Å². The Morgan fingerprint density at radius 2 is 1.58 bits per heavy atom. The topological polar surface area (TPSA) is 70.2 Å². The van der Waals surface area contributed by atoms with Gasteiger partial charge in [-0.2, -0.15) is 13.2 Å². The van der Waals surface area contributed by atoms with E-state index >= 15 is 0 Å². The first-order valence-corrected chi connectivity index (χ1v) is 9.63. The van der Waals surface area contributed by atoms with Crippen molar-refractivity contribution in [2.45, 2.75) is 24.6 Å². The molecule has 0 unspecified atom stereocenters. The highest BCUT2D eigenvalue weighted by molar-refractivity contribution is 6.03. The number of hydrogen-bond donors (Lipinski definition) is 3. The van der Waals surface area contributed by atoms with Gasteiger partial charge < -0.3 is 16.0 Å². The van der Waals surface area contributed by atoms with Crippen LogP contribution < -0.4 is 16.0 Å². The maximum atomic E-state index is 13.0. The maximum absolute atomic E-state index is 13.0. The molecule has 0 aliphatic carbocycles. The predicted molar refractivity (Wildman–Crippen MR) is 108 cm³/mol. The molecule has 9 heteroatoms. The first kappa shape index (κ1) is 22.5. The first-order chi connectivity index (χ1) is 14.7. The highest BCUT2D eigenvalue weighted by Crippen LogP contribution is 2.30. The molecule has 1 fully saturated rings. The first-order valence-electron chi connectivity index (χ1n) is 9.63. The molecule has 0 saturated carbocycles. The van der Waals surface area contributed by atoms with Crippen LogP contribution in [0.1, 0.15) is 24.0 Å². The molecule has 2 aromatic carbocycles. The summed E-state index contributed by atoms with van der Waals surface area (Å²) in [4.78, 5) is 25.4. The molecule has 5 nitrogen and oxygen atoms in total. The lowest BCUT2D eigenvalue weighted by Crippen LogP contribution is -2.61. The lowest BCUT2D eigenvalue weighted by molar-refractivity contribution is -0.137. The minimum atomic E-state index is -4.47. The summed E-state index contributed by atoms with van der Waals surface area (Å²) in [5.74, 6) is -1.40. The molecule has 1 heterocycles. The van der Waals surface area contributed by atoms with Crippen molar-refractivity contribution in [1.82, 2.24) is 10.6 Å². The summed E-state index contributed by atoms with van der Waals surface area (Å²) in [5, 5.41) is 8.45. The van der Waals surface area contributed by atoms with Gasteiger partial charge >= 0.3 is 6.18 Å². The number of alkyl halides is 3. The van der Waals surface area contributed by atoms with Gasteiger partial charge in [-0.15, -0.1) is 0 Å². The number of halogens is 4. The third-order valence-electron chi connectivity index (χ3n) is 5.02. The maximum Gasteiger partial charge on any atom is 0.416 e. The van der Waals surface area contributed by atoms with Gasteiger partial charge in [0.2, 0.25) is 11.8 Å². The zero-order valence-electron chi connectivity index (χ0n) is 16.4. The number of anilines is 1. The van der Waals surface area contributed by atoms with Crippen LogP contribution in [0, 0.1) is 5.82 Å². The molecule has 3 N–H and O–H groups in total. The van der Waals surface area contributed by atoms with Gasteiger partial charge in [-0.25, -0.2) is 4.39 Å². The van der Waals surface area contributed by atoms with Crippen molar-refractivity contribution in [1.29, 1.82) is 0 Å². The Morgan fingerprint density at radius 3 is 2.16 bits per heavy atom. The molecule has 0 bridgehead atoms. The number of amides is 2. The van der Waals surface area contributed by atoms with Crippen molar-refractivity contribution in [3.63, 3.8) is 0 Å². The standard InChI is InChI=1S/C22H21F4N3O2/c23-17-6-1-15(2-7-17)3-10-19(30)29-21(11-13-27-14-12-21)20(31)28-18-8-4-16(5-9-18)22(24,25)26/h1-10,27H,11-14H2,(H,28,31)(H,29,30). The normalized spacial score (nSPS) is 16.1. The lowest BCUT2D eigenvalue weighted by Gasteiger charge is -2.36. The fraction of sp³-hybridized carbons (Fsp3) is 0.273. The van der Waals surface area contributed by atoms with Gasteiger partial charge in [-0.05, 0) is 74.0 Å². The molecule has 2 amide bonds. The van der Waals surface area contributed by atoms with Gasteiger partial charge in [0, 0.05) is 11.8 Å². The molecule has 1 saturated heterocycles. The number of carbonyl (C=O) groups excluding carboxylic acids is 2. The van der Waals surface area contributed by atoms with Gasteiger partial charge in [0.25, 0.3) is 0 Å². The van der Waals surface area contributed by atoms with Crippen molar-refractivity contribution in [2.75, 3.05) is 18.4 Å². The summed E-state index contributed by atoms with van der Waals surface area (Å²) in [6, 6.07) is 9.67. The highest BCUT2D eigenvalue weighted by atomic mass is 19.4. The Bertz CT molecular complexity index is 948. The van der Waals surface area contributed by atoms with Gasteiger partial charge in [0.15, 0.2) is 0 Å². The molecule has 1 aliphatic heterocycles. The average molecular weight is 435 g/mol. The van der Waals surface area contributed by atoms with Crippen LogP contribution in [0.2, 0.25) is 0 Å². The van der Waals surface area contributed by atoms with E-state index in [0.29, 0.717) is 31.5 Å². The Hall–Kier alpha value is -3.20. The summed E-state index contributed by atoms with van der Waals surface area (Å²) in [5.41, 5.74) is -1.21. The van der Waals surface area contributed by atoms with E-state index in [9.17, 15) is 27.2 Å². The van der Waals surface area contributed by atoms with E-state index in [2.05, 4.69) is 16.0 Å². The van der Waals surface area contributed by atoms with E-state index in [1.165, 1.54) is 48.6 Å². The predicted octanol–water partition coefficient (Wildman–Crippen LogP) is 3.73.